The third kappa shape index (κ3) is 4.58. The smallest absolute Gasteiger partial charge is 0.245 e. The number of carbonyl (C=O) groups is 3. The van der Waals surface area contributed by atoms with Crippen molar-refractivity contribution in [2.24, 2.45) is 4.99 Å². The molecular weight excluding hydrogens is 356 g/mol. The second kappa shape index (κ2) is 8.88. The molecule has 1 N–H and O–H groups in total. The van der Waals surface area contributed by atoms with Crippen molar-refractivity contribution in [1.29, 1.82) is 0 Å². The van der Waals surface area contributed by atoms with Gasteiger partial charge in [-0.05, 0) is 43.5 Å². The number of hydrogen-bond acceptors (Lipinski definition) is 6. The molecule has 1 aromatic rings. The van der Waals surface area contributed by atoms with Crippen molar-refractivity contribution in [3.8, 4) is 0 Å². The van der Waals surface area contributed by atoms with Crippen molar-refractivity contribution in [3.63, 3.8) is 0 Å². The van der Waals surface area contributed by atoms with Crippen LogP contribution >= 0.6 is 0 Å². The number of rotatable bonds is 6. The Hall–Kier alpha value is -3.57. The Bertz CT molecular complexity index is 948. The van der Waals surface area contributed by atoms with Crippen LogP contribution in [0.3, 0.4) is 0 Å². The SMILES string of the molecule is CC1=CN=CC(c2ccc(NC(=O)CN3CCCC(C=O)=C3C=O)nc2)=C=C1. The van der Waals surface area contributed by atoms with Gasteiger partial charge in [-0.25, -0.2) is 4.98 Å². The minimum Gasteiger partial charge on any atom is -0.359 e. The van der Waals surface area contributed by atoms with Crippen molar-refractivity contribution in [3.05, 3.63) is 58.7 Å². The van der Waals surface area contributed by atoms with E-state index in [1.54, 1.807) is 29.6 Å². The fraction of sp³-hybridized carbons (Fsp3) is 0.238. The average molecular weight is 376 g/mol. The fourth-order valence-corrected chi connectivity index (χ4v) is 2.98. The summed E-state index contributed by atoms with van der Waals surface area (Å²) in [5.74, 6) is 0.101. The predicted octanol–water partition coefficient (Wildman–Crippen LogP) is 2.29. The molecule has 0 saturated carbocycles. The molecule has 2 aliphatic heterocycles. The highest BCUT2D eigenvalue weighted by Gasteiger charge is 2.21. The van der Waals surface area contributed by atoms with Gasteiger partial charge in [-0.15, -0.1) is 5.73 Å². The highest BCUT2D eigenvalue weighted by molar-refractivity contribution is 6.10. The summed E-state index contributed by atoms with van der Waals surface area (Å²) >= 11 is 0. The molecule has 0 bridgehead atoms. The molecule has 3 heterocycles. The van der Waals surface area contributed by atoms with E-state index in [-0.39, 0.29) is 18.1 Å². The summed E-state index contributed by atoms with van der Waals surface area (Å²) in [6.45, 7) is 2.48. The lowest BCUT2D eigenvalue weighted by Crippen LogP contribution is -2.37. The van der Waals surface area contributed by atoms with Crippen molar-refractivity contribution in [2.75, 3.05) is 18.4 Å². The fourth-order valence-electron chi connectivity index (χ4n) is 2.98. The number of amides is 1. The van der Waals surface area contributed by atoms with E-state index >= 15 is 0 Å². The summed E-state index contributed by atoms with van der Waals surface area (Å²) in [7, 11) is 0. The van der Waals surface area contributed by atoms with Crippen molar-refractivity contribution in [1.82, 2.24) is 9.88 Å². The Morgan fingerprint density at radius 3 is 2.89 bits per heavy atom. The molecule has 0 aromatic carbocycles. The van der Waals surface area contributed by atoms with Crippen LogP contribution in [0, 0.1) is 0 Å². The van der Waals surface area contributed by atoms with Gasteiger partial charge in [0, 0.05) is 41.9 Å². The Morgan fingerprint density at radius 1 is 1.32 bits per heavy atom. The minimum absolute atomic E-state index is 0.0136. The zero-order valence-corrected chi connectivity index (χ0v) is 15.5. The molecule has 0 atom stereocenters. The summed E-state index contributed by atoms with van der Waals surface area (Å²) in [6, 6.07) is 3.53. The minimum atomic E-state index is -0.304. The van der Waals surface area contributed by atoms with Gasteiger partial charge in [0.05, 0.1) is 12.2 Å². The monoisotopic (exact) mass is 376 g/mol. The standard InChI is InChI=1S/C21H20N4O3/c1-15-4-5-16(10-22-9-15)17-6-7-20(23-11-17)24-21(28)12-25-8-2-3-18(13-26)19(25)14-27/h4,6-7,9-11,13-14H,2-3,8,12H2,1H3,(H,23,24,28). The van der Waals surface area contributed by atoms with Crippen LogP contribution in [0.5, 0.6) is 0 Å². The number of aromatic nitrogens is 1. The predicted molar refractivity (Wildman–Crippen MR) is 107 cm³/mol. The lowest BCUT2D eigenvalue weighted by molar-refractivity contribution is -0.117. The van der Waals surface area contributed by atoms with E-state index in [1.165, 1.54) is 0 Å². The largest absolute Gasteiger partial charge is 0.359 e. The first kappa shape index (κ1) is 19.2. The first-order valence-corrected chi connectivity index (χ1v) is 8.92. The van der Waals surface area contributed by atoms with Gasteiger partial charge in [0.1, 0.15) is 12.1 Å². The Morgan fingerprint density at radius 2 is 2.18 bits per heavy atom. The van der Waals surface area contributed by atoms with Crippen LogP contribution in [0.4, 0.5) is 5.82 Å². The average Bonchev–Trinajstić information content (AvgIpc) is 2.92. The Balaban J connectivity index is 1.66. The van der Waals surface area contributed by atoms with Gasteiger partial charge in [0.2, 0.25) is 5.91 Å². The highest BCUT2D eigenvalue weighted by Crippen LogP contribution is 2.19. The van der Waals surface area contributed by atoms with Gasteiger partial charge < -0.3 is 10.2 Å². The molecule has 3 rings (SSSR count). The molecule has 7 heteroatoms. The molecule has 0 fully saturated rings. The molecule has 0 unspecified atom stereocenters. The van der Waals surface area contributed by atoms with Gasteiger partial charge in [0.15, 0.2) is 6.29 Å². The molecule has 1 amide bonds. The van der Waals surface area contributed by atoms with Gasteiger partial charge in [-0.3, -0.25) is 19.4 Å². The van der Waals surface area contributed by atoms with Crippen molar-refractivity contribution >= 4 is 36.1 Å². The quantitative estimate of drug-likeness (QED) is 0.608. The number of nitrogens with one attached hydrogen (secondary N) is 1. The maximum atomic E-state index is 12.3. The van der Waals surface area contributed by atoms with Crippen LogP contribution in [0.1, 0.15) is 25.3 Å². The van der Waals surface area contributed by atoms with E-state index in [0.29, 0.717) is 36.9 Å². The van der Waals surface area contributed by atoms with E-state index in [4.69, 9.17) is 0 Å². The molecule has 28 heavy (non-hydrogen) atoms. The van der Waals surface area contributed by atoms with Crippen LogP contribution in [0.25, 0.3) is 5.57 Å². The van der Waals surface area contributed by atoms with Crippen molar-refractivity contribution < 1.29 is 14.4 Å². The van der Waals surface area contributed by atoms with Gasteiger partial charge >= 0.3 is 0 Å². The number of nitrogens with zero attached hydrogens (tertiary/aromatic N) is 3. The summed E-state index contributed by atoms with van der Waals surface area (Å²) in [5, 5.41) is 2.72. The van der Waals surface area contributed by atoms with E-state index in [1.807, 2.05) is 19.1 Å². The molecule has 1 aromatic heterocycles. The van der Waals surface area contributed by atoms with Crippen LogP contribution in [0.15, 0.2) is 58.2 Å². The van der Waals surface area contributed by atoms with E-state index < -0.39 is 0 Å². The summed E-state index contributed by atoms with van der Waals surface area (Å²) in [4.78, 5) is 44.8. The van der Waals surface area contributed by atoms with Crippen LogP contribution in [0.2, 0.25) is 0 Å². The van der Waals surface area contributed by atoms with Crippen molar-refractivity contribution in [2.45, 2.75) is 19.8 Å². The lowest BCUT2D eigenvalue weighted by atomic mass is 10.0. The zero-order valence-electron chi connectivity index (χ0n) is 15.5. The Kier molecular flexibility index (Phi) is 6.09. The first-order valence-electron chi connectivity index (χ1n) is 8.92. The number of aliphatic imine (C=N–C) groups is 1. The summed E-state index contributed by atoms with van der Waals surface area (Å²) in [6.07, 6.45) is 9.55. The topological polar surface area (TPSA) is 91.7 Å². The second-order valence-corrected chi connectivity index (χ2v) is 6.51. The summed E-state index contributed by atoms with van der Waals surface area (Å²) in [5.41, 5.74) is 6.52. The molecule has 0 spiro atoms. The molecule has 0 radical (unpaired) electrons. The molecule has 0 saturated heterocycles. The molecule has 2 aliphatic rings. The van der Waals surface area contributed by atoms with E-state index in [9.17, 15) is 14.4 Å². The molecular formula is C21H20N4O3. The summed E-state index contributed by atoms with van der Waals surface area (Å²) < 4.78 is 0. The van der Waals surface area contributed by atoms with Crippen LogP contribution < -0.4 is 5.32 Å². The number of anilines is 1. The maximum Gasteiger partial charge on any atom is 0.245 e. The number of aldehydes is 2. The third-order valence-corrected chi connectivity index (χ3v) is 4.41. The lowest BCUT2D eigenvalue weighted by Gasteiger charge is -2.28. The molecule has 142 valence electrons. The highest BCUT2D eigenvalue weighted by atomic mass is 16.2. The van der Waals surface area contributed by atoms with E-state index in [0.717, 1.165) is 23.1 Å². The zero-order chi connectivity index (χ0) is 19.9. The van der Waals surface area contributed by atoms with Gasteiger partial charge in [-0.1, -0.05) is 0 Å². The number of hydrogen-bond donors (Lipinski definition) is 1. The number of carbonyl (C=O) groups excluding carboxylic acids is 3. The van der Waals surface area contributed by atoms with Gasteiger partial charge in [0.25, 0.3) is 0 Å². The maximum absolute atomic E-state index is 12.3. The molecule has 7 nitrogen and oxygen atoms in total. The first-order chi connectivity index (χ1) is 13.6. The van der Waals surface area contributed by atoms with Gasteiger partial charge in [-0.2, -0.15) is 0 Å². The van der Waals surface area contributed by atoms with Crippen LogP contribution in [-0.2, 0) is 14.4 Å². The van der Waals surface area contributed by atoms with E-state index in [2.05, 4.69) is 21.0 Å². The third-order valence-electron chi connectivity index (χ3n) is 4.41. The normalized spacial score (nSPS) is 16.2. The second-order valence-electron chi connectivity index (χ2n) is 6.51. The molecule has 0 aliphatic carbocycles. The number of pyridine rings is 1. The number of allylic oxidation sites excluding steroid dienone is 4. The van der Waals surface area contributed by atoms with Crippen LogP contribution in [-0.4, -0.2) is 47.7 Å². The Labute approximate surface area is 162 Å².